The Morgan fingerprint density at radius 1 is 1.42 bits per heavy atom. The van der Waals surface area contributed by atoms with Crippen LogP contribution in [0.1, 0.15) is 29.8 Å². The third kappa shape index (κ3) is 2.89. The maximum absolute atomic E-state index is 11.4. The maximum Gasteiger partial charge on any atom is 0.337 e. The van der Waals surface area contributed by atoms with Crippen LogP contribution >= 0.6 is 0 Å². The third-order valence-corrected chi connectivity index (χ3v) is 3.89. The van der Waals surface area contributed by atoms with Gasteiger partial charge in [0, 0.05) is 25.7 Å². The van der Waals surface area contributed by atoms with Crippen molar-refractivity contribution < 1.29 is 9.90 Å². The van der Waals surface area contributed by atoms with Crippen molar-refractivity contribution in [2.45, 2.75) is 26.8 Å². The van der Waals surface area contributed by atoms with Gasteiger partial charge in [0.2, 0.25) is 0 Å². The number of aromatic carboxylic acids is 1. The summed E-state index contributed by atoms with van der Waals surface area (Å²) in [5, 5.41) is 9.35. The molecule has 0 amide bonds. The predicted octanol–water partition coefficient (Wildman–Crippen LogP) is 2.22. The summed E-state index contributed by atoms with van der Waals surface area (Å²) in [6.07, 6.45) is 0. The van der Waals surface area contributed by atoms with Gasteiger partial charge in [0.15, 0.2) is 0 Å². The summed E-state index contributed by atoms with van der Waals surface area (Å²) in [6, 6.07) is 6.14. The minimum atomic E-state index is -0.843. The van der Waals surface area contributed by atoms with Crippen molar-refractivity contribution in [1.29, 1.82) is 0 Å². The summed E-state index contributed by atoms with van der Waals surface area (Å²) in [5.41, 5.74) is 2.25. The molecule has 1 aromatic rings. The van der Waals surface area contributed by atoms with Crippen LogP contribution in [0.25, 0.3) is 0 Å². The molecule has 0 spiro atoms. The zero-order valence-electron chi connectivity index (χ0n) is 11.9. The van der Waals surface area contributed by atoms with E-state index in [2.05, 4.69) is 23.6 Å². The van der Waals surface area contributed by atoms with Crippen molar-refractivity contribution in [2.24, 2.45) is 0 Å². The van der Waals surface area contributed by atoms with Crippen molar-refractivity contribution in [3.63, 3.8) is 0 Å². The maximum atomic E-state index is 11.4. The molecule has 19 heavy (non-hydrogen) atoms. The minimum absolute atomic E-state index is 0.414. The Bertz CT molecular complexity index is 473. The second-order valence-corrected chi connectivity index (χ2v) is 5.25. The molecule has 1 atom stereocenters. The highest BCUT2D eigenvalue weighted by Crippen LogP contribution is 2.24. The van der Waals surface area contributed by atoms with E-state index in [-0.39, 0.29) is 0 Å². The van der Waals surface area contributed by atoms with Crippen molar-refractivity contribution >= 4 is 11.7 Å². The van der Waals surface area contributed by atoms with E-state index in [0.717, 1.165) is 37.4 Å². The average Bonchev–Trinajstić information content (AvgIpc) is 2.38. The van der Waals surface area contributed by atoms with Gasteiger partial charge in [-0.2, -0.15) is 0 Å². The lowest BCUT2D eigenvalue weighted by Crippen LogP contribution is -2.52. The van der Waals surface area contributed by atoms with E-state index in [1.54, 1.807) is 6.07 Å². The van der Waals surface area contributed by atoms with E-state index in [0.29, 0.717) is 11.6 Å². The second kappa shape index (κ2) is 5.61. The molecule has 1 fully saturated rings. The first-order valence-corrected chi connectivity index (χ1v) is 6.86. The number of carboxylic acids is 1. The molecule has 0 aliphatic carbocycles. The molecular formula is C15H22N2O2. The number of anilines is 1. The first kappa shape index (κ1) is 13.9. The Kier molecular flexibility index (Phi) is 4.10. The van der Waals surface area contributed by atoms with Crippen LogP contribution in [-0.4, -0.2) is 48.2 Å². The molecule has 1 unspecified atom stereocenters. The number of hydrogen-bond acceptors (Lipinski definition) is 3. The number of benzene rings is 1. The Morgan fingerprint density at radius 2 is 2.16 bits per heavy atom. The van der Waals surface area contributed by atoms with Gasteiger partial charge >= 0.3 is 5.97 Å². The smallest absolute Gasteiger partial charge is 0.337 e. The quantitative estimate of drug-likeness (QED) is 0.907. The summed E-state index contributed by atoms with van der Waals surface area (Å²) in [6.45, 7) is 10.1. The van der Waals surface area contributed by atoms with Gasteiger partial charge in [-0.1, -0.05) is 18.6 Å². The zero-order valence-corrected chi connectivity index (χ0v) is 11.9. The largest absolute Gasteiger partial charge is 0.478 e. The number of hydrogen-bond donors (Lipinski definition) is 1. The van der Waals surface area contributed by atoms with E-state index in [4.69, 9.17) is 0 Å². The highest BCUT2D eigenvalue weighted by Gasteiger charge is 2.25. The van der Waals surface area contributed by atoms with Gasteiger partial charge in [-0.05, 0) is 32.5 Å². The third-order valence-electron chi connectivity index (χ3n) is 3.89. The van der Waals surface area contributed by atoms with Gasteiger partial charge < -0.3 is 10.0 Å². The van der Waals surface area contributed by atoms with Crippen molar-refractivity contribution in [3.8, 4) is 0 Å². The Morgan fingerprint density at radius 3 is 2.74 bits per heavy atom. The van der Waals surface area contributed by atoms with E-state index in [9.17, 15) is 9.90 Å². The second-order valence-electron chi connectivity index (χ2n) is 5.25. The molecule has 1 aliphatic heterocycles. The van der Waals surface area contributed by atoms with Crippen LogP contribution in [0.4, 0.5) is 5.69 Å². The number of rotatable bonds is 3. The topological polar surface area (TPSA) is 43.8 Å². The molecule has 1 saturated heterocycles. The van der Waals surface area contributed by atoms with Gasteiger partial charge in [-0.3, -0.25) is 4.90 Å². The molecule has 4 nitrogen and oxygen atoms in total. The first-order chi connectivity index (χ1) is 9.02. The van der Waals surface area contributed by atoms with E-state index in [1.807, 2.05) is 19.1 Å². The molecule has 0 aromatic heterocycles. The lowest BCUT2D eigenvalue weighted by Gasteiger charge is -2.41. The van der Waals surface area contributed by atoms with Crippen LogP contribution in [0, 0.1) is 6.92 Å². The van der Waals surface area contributed by atoms with Crippen LogP contribution in [-0.2, 0) is 0 Å². The predicted molar refractivity (Wildman–Crippen MR) is 77.1 cm³/mol. The van der Waals surface area contributed by atoms with Gasteiger partial charge in [0.05, 0.1) is 11.3 Å². The lowest BCUT2D eigenvalue weighted by molar-refractivity contribution is 0.0697. The minimum Gasteiger partial charge on any atom is -0.478 e. The molecule has 1 heterocycles. The molecule has 2 rings (SSSR count). The summed E-state index contributed by atoms with van der Waals surface area (Å²) >= 11 is 0. The van der Waals surface area contributed by atoms with Crippen molar-refractivity contribution in [2.75, 3.05) is 31.1 Å². The van der Waals surface area contributed by atoms with Crippen LogP contribution in [0.3, 0.4) is 0 Å². The fourth-order valence-electron chi connectivity index (χ4n) is 2.78. The number of aryl methyl sites for hydroxylation is 1. The number of nitrogens with zero attached hydrogens (tertiary/aromatic N) is 2. The van der Waals surface area contributed by atoms with Gasteiger partial charge in [0.1, 0.15) is 0 Å². The number of likely N-dealkylation sites (N-methyl/N-ethyl adjacent to an activating group) is 1. The van der Waals surface area contributed by atoms with E-state index in [1.165, 1.54) is 0 Å². The average molecular weight is 262 g/mol. The summed E-state index contributed by atoms with van der Waals surface area (Å²) < 4.78 is 0. The first-order valence-electron chi connectivity index (χ1n) is 6.86. The highest BCUT2D eigenvalue weighted by molar-refractivity contribution is 5.94. The molecule has 0 saturated carbocycles. The monoisotopic (exact) mass is 262 g/mol. The van der Waals surface area contributed by atoms with Crippen molar-refractivity contribution in [3.05, 3.63) is 29.3 Å². The Hall–Kier alpha value is -1.55. The van der Waals surface area contributed by atoms with Crippen LogP contribution in [0.15, 0.2) is 18.2 Å². The number of piperazine rings is 1. The van der Waals surface area contributed by atoms with Gasteiger partial charge in [-0.25, -0.2) is 4.79 Å². The summed E-state index contributed by atoms with van der Waals surface area (Å²) in [7, 11) is 0. The van der Waals surface area contributed by atoms with E-state index < -0.39 is 5.97 Å². The molecular weight excluding hydrogens is 240 g/mol. The van der Waals surface area contributed by atoms with Crippen molar-refractivity contribution in [1.82, 2.24) is 4.90 Å². The Labute approximate surface area is 114 Å². The molecule has 4 heteroatoms. The standard InChI is InChI=1S/C15H22N2O2/c1-4-16-7-8-17(10-12(16)3)14-6-5-11(2)9-13(14)15(18)19/h5-6,9,12H,4,7-8,10H2,1-3H3,(H,18,19). The zero-order chi connectivity index (χ0) is 14.0. The van der Waals surface area contributed by atoms with Crippen LogP contribution in [0.2, 0.25) is 0 Å². The fourth-order valence-corrected chi connectivity index (χ4v) is 2.78. The molecule has 0 radical (unpaired) electrons. The Balaban J connectivity index is 2.25. The molecule has 0 bridgehead atoms. The molecule has 1 N–H and O–H groups in total. The van der Waals surface area contributed by atoms with Gasteiger partial charge in [0.25, 0.3) is 0 Å². The summed E-state index contributed by atoms with van der Waals surface area (Å²) in [5.74, 6) is -0.843. The summed E-state index contributed by atoms with van der Waals surface area (Å²) in [4.78, 5) is 16.0. The molecule has 104 valence electrons. The van der Waals surface area contributed by atoms with Crippen LogP contribution < -0.4 is 4.90 Å². The molecule has 1 aromatic carbocycles. The fraction of sp³-hybridized carbons (Fsp3) is 0.533. The SMILES string of the molecule is CCN1CCN(c2ccc(C)cc2C(=O)O)CC1C. The normalized spacial score (nSPS) is 20.6. The van der Waals surface area contributed by atoms with Gasteiger partial charge in [-0.15, -0.1) is 0 Å². The lowest BCUT2D eigenvalue weighted by atomic mass is 10.1. The highest BCUT2D eigenvalue weighted by atomic mass is 16.4. The molecule has 1 aliphatic rings. The number of carbonyl (C=O) groups is 1. The number of carboxylic acid groups (broad SMARTS) is 1. The van der Waals surface area contributed by atoms with Crippen LogP contribution in [0.5, 0.6) is 0 Å². The van der Waals surface area contributed by atoms with E-state index >= 15 is 0 Å².